The molecule has 3 N–H and O–H groups in total. The van der Waals surface area contributed by atoms with Crippen LogP contribution < -0.4 is 9.47 Å². The molecule has 0 spiro atoms. The lowest BCUT2D eigenvalue weighted by molar-refractivity contribution is 0.0732. The van der Waals surface area contributed by atoms with Crippen LogP contribution in [0.1, 0.15) is 60.3 Å². The maximum absolute atomic E-state index is 13.3. The molecule has 8 nitrogen and oxygen atoms in total. The molecule has 1 aromatic heterocycles. The Morgan fingerprint density at radius 2 is 1.94 bits per heavy atom. The van der Waals surface area contributed by atoms with E-state index in [0.29, 0.717) is 53.6 Å². The number of para-hydroxylation sites is 1. The van der Waals surface area contributed by atoms with Crippen molar-refractivity contribution in [2.24, 2.45) is 0 Å². The number of nitrogens with zero attached hydrogens (tertiary/aromatic N) is 2. The van der Waals surface area contributed by atoms with E-state index in [2.05, 4.69) is 17.1 Å². The fourth-order valence-electron chi connectivity index (χ4n) is 4.40. The number of amides is 1. The number of aliphatic hydroxyl groups excluding tert-OH is 1. The molecule has 0 radical (unpaired) electrons. The molecule has 1 unspecified atom stereocenters. The van der Waals surface area contributed by atoms with E-state index in [1.807, 2.05) is 24.3 Å². The van der Waals surface area contributed by atoms with Crippen LogP contribution >= 0.6 is 0 Å². The van der Waals surface area contributed by atoms with E-state index >= 15 is 0 Å². The second-order valence-corrected chi connectivity index (χ2v) is 8.32. The number of ether oxygens (including phenoxy) is 2. The smallest absolute Gasteiger partial charge is 0.273 e. The van der Waals surface area contributed by atoms with Crippen molar-refractivity contribution in [2.45, 2.75) is 38.6 Å². The number of H-pyrrole nitrogens is 1. The first-order valence-electron chi connectivity index (χ1n) is 11.7. The molecular weight excluding hydrogens is 434 g/mol. The number of benzene rings is 2. The maximum Gasteiger partial charge on any atom is 0.273 e. The number of carbonyl (C=O) groups excluding carboxylic acids is 1. The summed E-state index contributed by atoms with van der Waals surface area (Å²) in [5.74, 6) is 1.14. The molecule has 8 heteroatoms. The molecule has 1 aliphatic rings. The van der Waals surface area contributed by atoms with E-state index in [1.54, 1.807) is 30.2 Å². The first-order chi connectivity index (χ1) is 16.6. The fraction of sp³-hybridized carbons (Fsp3) is 0.385. The molecule has 4 rings (SSSR count). The number of carbonyl (C=O) groups is 1. The Hall–Kier alpha value is -3.52. The number of phenols is 1. The quantitative estimate of drug-likeness (QED) is 0.365. The Bertz CT molecular complexity index is 1140. The van der Waals surface area contributed by atoms with Crippen molar-refractivity contribution >= 4 is 5.91 Å². The lowest BCUT2D eigenvalue weighted by Crippen LogP contribution is -2.31. The number of aliphatic hydroxyl groups is 1. The molecular formula is C26H31N3O5. The lowest BCUT2D eigenvalue weighted by Gasteiger charge is -2.27. The minimum Gasteiger partial charge on any atom is -0.507 e. The van der Waals surface area contributed by atoms with Gasteiger partial charge in [0.15, 0.2) is 11.5 Å². The Morgan fingerprint density at radius 3 is 2.68 bits per heavy atom. The molecule has 0 saturated heterocycles. The van der Waals surface area contributed by atoms with Gasteiger partial charge in [0.25, 0.3) is 5.91 Å². The minimum atomic E-state index is -0.453. The zero-order chi connectivity index (χ0) is 24.1. The number of rotatable bonds is 11. The number of fused-ring (bicyclic) bond motifs is 1. The van der Waals surface area contributed by atoms with Gasteiger partial charge in [0.2, 0.25) is 0 Å². The summed E-state index contributed by atoms with van der Waals surface area (Å²) in [6.45, 7) is 3.11. The molecule has 0 bridgehead atoms. The Morgan fingerprint density at radius 1 is 1.12 bits per heavy atom. The number of nitrogens with one attached hydrogen (secondary N) is 1. The summed E-state index contributed by atoms with van der Waals surface area (Å²) in [5, 5.41) is 27.1. The summed E-state index contributed by atoms with van der Waals surface area (Å²) in [7, 11) is 1.60. The van der Waals surface area contributed by atoms with Gasteiger partial charge in [-0.3, -0.25) is 9.89 Å². The SMILES string of the molecule is CCCCCOc1ccc(C2c3c(-c4ccccc4O)n[nH]c3C(=O)N2CCCO)cc1OC. The molecule has 34 heavy (non-hydrogen) atoms. The third-order valence-electron chi connectivity index (χ3n) is 6.09. The van der Waals surface area contributed by atoms with Crippen LogP contribution in [0.4, 0.5) is 0 Å². The molecule has 3 aromatic rings. The van der Waals surface area contributed by atoms with Gasteiger partial charge in [0, 0.05) is 24.3 Å². The Balaban J connectivity index is 1.76. The van der Waals surface area contributed by atoms with E-state index in [4.69, 9.17) is 9.47 Å². The van der Waals surface area contributed by atoms with Gasteiger partial charge >= 0.3 is 0 Å². The van der Waals surface area contributed by atoms with Crippen molar-refractivity contribution in [2.75, 3.05) is 26.9 Å². The average Bonchev–Trinajstić information content (AvgIpc) is 3.39. The van der Waals surface area contributed by atoms with Crippen molar-refractivity contribution in [1.82, 2.24) is 15.1 Å². The Labute approximate surface area is 199 Å². The van der Waals surface area contributed by atoms with Crippen LogP contribution in [-0.4, -0.2) is 58.1 Å². The first-order valence-corrected chi connectivity index (χ1v) is 11.7. The number of unbranched alkanes of at least 4 members (excludes halogenated alkanes) is 2. The highest BCUT2D eigenvalue weighted by Crippen LogP contribution is 2.45. The Kier molecular flexibility index (Phi) is 7.37. The van der Waals surface area contributed by atoms with Crippen LogP contribution in [0, 0.1) is 0 Å². The highest BCUT2D eigenvalue weighted by atomic mass is 16.5. The van der Waals surface area contributed by atoms with Crippen LogP contribution in [0.3, 0.4) is 0 Å². The van der Waals surface area contributed by atoms with E-state index in [9.17, 15) is 15.0 Å². The summed E-state index contributed by atoms with van der Waals surface area (Å²) < 4.78 is 11.6. The van der Waals surface area contributed by atoms with Gasteiger partial charge in [-0.25, -0.2) is 0 Å². The zero-order valence-electron chi connectivity index (χ0n) is 19.6. The summed E-state index contributed by atoms with van der Waals surface area (Å²) in [4.78, 5) is 15.0. The molecule has 2 aromatic carbocycles. The predicted octanol–water partition coefficient (Wildman–Crippen LogP) is 4.29. The molecule has 2 heterocycles. The van der Waals surface area contributed by atoms with Crippen molar-refractivity contribution in [1.29, 1.82) is 0 Å². The number of aromatic amines is 1. The normalized spacial score (nSPS) is 15.0. The molecule has 0 aliphatic carbocycles. The summed E-state index contributed by atoms with van der Waals surface area (Å²) >= 11 is 0. The predicted molar refractivity (Wildman–Crippen MR) is 128 cm³/mol. The summed E-state index contributed by atoms with van der Waals surface area (Å²) in [6, 6.07) is 12.2. The van der Waals surface area contributed by atoms with Crippen molar-refractivity contribution in [3.05, 3.63) is 59.3 Å². The van der Waals surface area contributed by atoms with Gasteiger partial charge in [-0.2, -0.15) is 5.10 Å². The van der Waals surface area contributed by atoms with E-state index in [0.717, 1.165) is 24.8 Å². The van der Waals surface area contributed by atoms with Gasteiger partial charge in [-0.05, 0) is 42.7 Å². The van der Waals surface area contributed by atoms with Crippen LogP contribution in [-0.2, 0) is 0 Å². The largest absolute Gasteiger partial charge is 0.507 e. The number of aromatic hydroxyl groups is 1. The molecule has 0 saturated carbocycles. The van der Waals surface area contributed by atoms with Gasteiger partial charge in [-0.15, -0.1) is 0 Å². The van der Waals surface area contributed by atoms with Crippen LogP contribution in [0.5, 0.6) is 17.2 Å². The highest BCUT2D eigenvalue weighted by Gasteiger charge is 2.42. The topological polar surface area (TPSA) is 108 Å². The van der Waals surface area contributed by atoms with Crippen LogP contribution in [0.25, 0.3) is 11.3 Å². The van der Waals surface area contributed by atoms with Gasteiger partial charge in [0.05, 0.1) is 19.8 Å². The first kappa shape index (κ1) is 23.6. The molecule has 0 fully saturated rings. The number of phenolic OH excluding ortho intramolecular Hbond substituents is 1. The zero-order valence-corrected chi connectivity index (χ0v) is 19.6. The van der Waals surface area contributed by atoms with Gasteiger partial charge in [-0.1, -0.05) is 38.0 Å². The van der Waals surface area contributed by atoms with Crippen molar-refractivity contribution < 1.29 is 24.5 Å². The fourth-order valence-corrected chi connectivity index (χ4v) is 4.40. The molecule has 1 atom stereocenters. The van der Waals surface area contributed by atoms with E-state index in [1.165, 1.54) is 0 Å². The molecule has 180 valence electrons. The third kappa shape index (κ3) is 4.46. The van der Waals surface area contributed by atoms with E-state index in [-0.39, 0.29) is 18.3 Å². The van der Waals surface area contributed by atoms with Crippen LogP contribution in [0.2, 0.25) is 0 Å². The lowest BCUT2D eigenvalue weighted by atomic mass is 9.95. The second-order valence-electron chi connectivity index (χ2n) is 8.32. The molecule has 1 amide bonds. The van der Waals surface area contributed by atoms with Crippen LogP contribution in [0.15, 0.2) is 42.5 Å². The standard InChI is InChI=1S/C26H31N3O5/c1-3-4-7-15-34-20-12-11-17(16-21(20)33-2)25-22-23(18-9-5-6-10-19(18)31)27-28-24(22)26(32)29(25)13-8-14-30/h5-6,9-12,16,25,30-31H,3-4,7-8,13-15H2,1-2H3,(H,27,28). The third-order valence-corrected chi connectivity index (χ3v) is 6.09. The minimum absolute atomic E-state index is 0.0249. The van der Waals surface area contributed by atoms with Gasteiger partial charge in [0.1, 0.15) is 17.1 Å². The molecule has 1 aliphatic heterocycles. The maximum atomic E-state index is 13.3. The summed E-state index contributed by atoms with van der Waals surface area (Å²) in [5.41, 5.74) is 2.99. The number of methoxy groups -OCH3 is 1. The number of aromatic nitrogens is 2. The second kappa shape index (κ2) is 10.6. The van der Waals surface area contributed by atoms with Gasteiger partial charge < -0.3 is 24.6 Å². The average molecular weight is 466 g/mol. The number of hydrogen-bond donors (Lipinski definition) is 3. The highest BCUT2D eigenvalue weighted by molar-refractivity contribution is 6.00. The summed E-state index contributed by atoms with van der Waals surface area (Å²) in [6.07, 6.45) is 3.63. The van der Waals surface area contributed by atoms with Crippen molar-refractivity contribution in [3.8, 4) is 28.5 Å². The number of hydrogen-bond acceptors (Lipinski definition) is 6. The van der Waals surface area contributed by atoms with Crippen molar-refractivity contribution in [3.63, 3.8) is 0 Å². The monoisotopic (exact) mass is 465 g/mol. The van der Waals surface area contributed by atoms with E-state index < -0.39 is 6.04 Å².